The molecule has 2 N–H and O–H groups in total. The molecule has 2 heterocycles. The molecule has 2 aromatic rings. The van der Waals surface area contributed by atoms with Gasteiger partial charge in [-0.25, -0.2) is 0 Å². The summed E-state index contributed by atoms with van der Waals surface area (Å²) < 4.78 is 0.719. The van der Waals surface area contributed by atoms with Gasteiger partial charge >= 0.3 is 0 Å². The number of nitrogens with zero attached hydrogens (tertiary/aromatic N) is 5. The lowest BCUT2D eigenvalue weighted by Gasteiger charge is -2.38. The molecule has 0 bridgehead atoms. The first-order valence-corrected chi connectivity index (χ1v) is 11.5. The van der Waals surface area contributed by atoms with E-state index in [1.165, 1.54) is 35.2 Å². The predicted molar refractivity (Wildman–Crippen MR) is 122 cm³/mol. The molecule has 4 rings (SSSR count). The molecule has 1 aliphatic carbocycles. The van der Waals surface area contributed by atoms with Crippen molar-refractivity contribution in [1.82, 2.24) is 10.2 Å². The van der Waals surface area contributed by atoms with Crippen molar-refractivity contribution in [2.45, 2.75) is 29.5 Å². The van der Waals surface area contributed by atoms with E-state index in [1.807, 2.05) is 0 Å². The van der Waals surface area contributed by atoms with Crippen molar-refractivity contribution < 1.29 is 9.72 Å². The van der Waals surface area contributed by atoms with Crippen LogP contribution in [0.2, 0.25) is 0 Å². The molecule has 0 saturated heterocycles. The first-order chi connectivity index (χ1) is 15.5. The Morgan fingerprint density at radius 3 is 2.97 bits per heavy atom. The molecule has 0 radical (unpaired) electrons. The fourth-order valence-corrected chi connectivity index (χ4v) is 5.58. The first kappa shape index (κ1) is 21.7. The molecular formula is C21H18N6O3S2. The second-order valence-electron chi connectivity index (χ2n) is 7.12. The van der Waals surface area contributed by atoms with Crippen LogP contribution in [0.15, 0.2) is 63.9 Å². The summed E-state index contributed by atoms with van der Waals surface area (Å²) in [5.41, 5.74) is 8.12. The molecule has 0 fully saturated rings. The van der Waals surface area contributed by atoms with Crippen LogP contribution in [0.25, 0.3) is 0 Å². The van der Waals surface area contributed by atoms with Gasteiger partial charge in [0.25, 0.3) is 5.69 Å². The van der Waals surface area contributed by atoms with Crippen molar-refractivity contribution in [2.24, 2.45) is 5.73 Å². The number of Topliss-reactive ketones (excluding diaryl/α,β-unsaturated/α-hetero) is 1. The smallest absolute Gasteiger partial charge is 0.269 e. The molecule has 32 heavy (non-hydrogen) atoms. The van der Waals surface area contributed by atoms with Gasteiger partial charge in [0.2, 0.25) is 5.13 Å². The predicted octanol–water partition coefficient (Wildman–Crippen LogP) is 4.03. The van der Waals surface area contributed by atoms with Crippen molar-refractivity contribution in [2.75, 3.05) is 10.7 Å². The summed E-state index contributed by atoms with van der Waals surface area (Å²) in [4.78, 5) is 25.5. The van der Waals surface area contributed by atoms with Crippen LogP contribution in [0.4, 0.5) is 10.8 Å². The molecule has 9 nitrogen and oxygen atoms in total. The lowest BCUT2D eigenvalue weighted by molar-refractivity contribution is -0.384. The Bertz CT molecular complexity index is 1230. The minimum absolute atomic E-state index is 0.0984. The van der Waals surface area contributed by atoms with Crippen molar-refractivity contribution in [3.05, 3.63) is 75.3 Å². The van der Waals surface area contributed by atoms with Crippen molar-refractivity contribution in [3.63, 3.8) is 0 Å². The summed E-state index contributed by atoms with van der Waals surface area (Å²) in [6, 6.07) is 8.14. The maximum absolute atomic E-state index is 13.1. The number of hydrogen-bond acceptors (Lipinski definition) is 10. The van der Waals surface area contributed by atoms with Gasteiger partial charge in [0.05, 0.1) is 22.5 Å². The summed E-state index contributed by atoms with van der Waals surface area (Å²) in [5, 5.41) is 30.2. The number of hydrogen-bond donors (Lipinski definition) is 1. The Labute approximate surface area is 192 Å². The number of carbonyl (C=O) groups is 1. The molecule has 0 amide bonds. The zero-order chi connectivity index (χ0) is 22.8. The molecular weight excluding hydrogens is 448 g/mol. The fourth-order valence-electron chi connectivity index (χ4n) is 3.94. The monoisotopic (exact) mass is 466 g/mol. The molecule has 1 unspecified atom stereocenters. The highest BCUT2D eigenvalue weighted by molar-refractivity contribution is 8.01. The van der Waals surface area contributed by atoms with Crippen molar-refractivity contribution in [3.8, 4) is 6.07 Å². The number of nitro benzene ring substituents is 1. The summed E-state index contributed by atoms with van der Waals surface area (Å²) >= 11 is 2.79. The summed E-state index contributed by atoms with van der Waals surface area (Å²) in [6.45, 7) is 3.70. The highest BCUT2D eigenvalue weighted by atomic mass is 32.2. The van der Waals surface area contributed by atoms with Crippen molar-refractivity contribution in [1.29, 1.82) is 5.26 Å². The van der Waals surface area contributed by atoms with Gasteiger partial charge in [-0.1, -0.05) is 41.3 Å². The van der Waals surface area contributed by atoms with Crippen LogP contribution in [-0.4, -0.2) is 26.7 Å². The average Bonchev–Trinajstić information content (AvgIpc) is 3.25. The first-order valence-electron chi connectivity index (χ1n) is 9.74. The van der Waals surface area contributed by atoms with E-state index in [9.17, 15) is 20.2 Å². The van der Waals surface area contributed by atoms with Crippen LogP contribution >= 0.6 is 23.1 Å². The highest BCUT2D eigenvalue weighted by Crippen LogP contribution is 2.47. The van der Waals surface area contributed by atoms with E-state index in [2.05, 4.69) is 22.8 Å². The third-order valence-corrected chi connectivity index (χ3v) is 7.28. The summed E-state index contributed by atoms with van der Waals surface area (Å²) in [7, 11) is 0. The normalized spacial score (nSPS) is 18.4. The van der Waals surface area contributed by atoms with E-state index in [0.29, 0.717) is 47.0 Å². The summed E-state index contributed by atoms with van der Waals surface area (Å²) in [6.07, 6.45) is 3.31. The van der Waals surface area contributed by atoms with Crippen LogP contribution < -0.4 is 10.6 Å². The SMILES string of the molecule is C=CCSc1nnc(N2C(N)=C(C#N)C(c3cccc([N+](=O)[O-])c3)C3=C2CCCC3=O)s1. The summed E-state index contributed by atoms with van der Waals surface area (Å²) in [5.74, 6) is -0.0286. The highest BCUT2D eigenvalue weighted by Gasteiger charge is 2.41. The second kappa shape index (κ2) is 8.94. The van der Waals surface area contributed by atoms with E-state index in [-0.39, 0.29) is 22.9 Å². The number of allylic oxidation sites excluding steroid dienone is 3. The lowest BCUT2D eigenvalue weighted by Crippen LogP contribution is -2.38. The van der Waals surface area contributed by atoms with Gasteiger partial charge in [0.15, 0.2) is 10.1 Å². The number of aromatic nitrogens is 2. The Morgan fingerprint density at radius 1 is 1.44 bits per heavy atom. The molecule has 1 aliphatic heterocycles. The van der Waals surface area contributed by atoms with Gasteiger partial charge in [0.1, 0.15) is 5.82 Å². The Hall–Kier alpha value is -3.49. The number of nitrogens with two attached hydrogens (primary N) is 1. The number of carbonyl (C=O) groups excluding carboxylic acids is 1. The third-order valence-electron chi connectivity index (χ3n) is 5.24. The number of non-ortho nitro benzene ring substituents is 1. The Morgan fingerprint density at radius 2 is 2.25 bits per heavy atom. The van der Waals surface area contributed by atoms with Gasteiger partial charge in [0, 0.05) is 35.6 Å². The second-order valence-corrected chi connectivity index (χ2v) is 9.34. The number of anilines is 1. The molecule has 11 heteroatoms. The van der Waals surface area contributed by atoms with Gasteiger partial charge in [-0.3, -0.25) is 19.8 Å². The average molecular weight is 467 g/mol. The largest absolute Gasteiger partial charge is 0.384 e. The van der Waals surface area contributed by atoms with Gasteiger partial charge in [-0.05, 0) is 18.4 Å². The zero-order valence-electron chi connectivity index (χ0n) is 16.9. The van der Waals surface area contributed by atoms with Crippen LogP contribution in [0.3, 0.4) is 0 Å². The maximum atomic E-state index is 13.1. The number of rotatable bonds is 6. The topological polar surface area (TPSA) is 139 Å². The molecule has 1 aromatic carbocycles. The van der Waals surface area contributed by atoms with E-state index in [0.717, 1.165) is 4.34 Å². The molecule has 162 valence electrons. The fraction of sp³-hybridized carbons (Fsp3) is 0.238. The number of nitriles is 1. The molecule has 1 atom stereocenters. The van der Waals surface area contributed by atoms with Crippen LogP contribution in [0.5, 0.6) is 0 Å². The van der Waals surface area contributed by atoms with E-state index in [1.54, 1.807) is 23.1 Å². The molecule has 1 aromatic heterocycles. The van der Waals surface area contributed by atoms with Gasteiger partial charge in [-0.2, -0.15) is 5.26 Å². The van der Waals surface area contributed by atoms with Crippen LogP contribution in [0, 0.1) is 21.4 Å². The minimum atomic E-state index is -0.763. The maximum Gasteiger partial charge on any atom is 0.269 e. The number of benzene rings is 1. The van der Waals surface area contributed by atoms with Gasteiger partial charge in [-0.15, -0.1) is 16.8 Å². The van der Waals surface area contributed by atoms with Gasteiger partial charge < -0.3 is 5.73 Å². The van der Waals surface area contributed by atoms with Crippen molar-refractivity contribution >= 4 is 39.7 Å². The minimum Gasteiger partial charge on any atom is -0.384 e. The Balaban J connectivity index is 1.88. The van der Waals surface area contributed by atoms with Crippen LogP contribution in [0.1, 0.15) is 30.7 Å². The van der Waals surface area contributed by atoms with E-state index < -0.39 is 10.8 Å². The third kappa shape index (κ3) is 3.79. The lowest BCUT2D eigenvalue weighted by atomic mass is 9.75. The standard InChI is InChI=1S/C21H18N6O3S2/c1-2-9-31-21-25-24-20(32-21)26-15-7-4-8-16(28)18(15)17(14(11-22)19(26)23)12-5-3-6-13(10-12)27(29)30/h2-3,5-6,10,17H,1,4,7-9,23H2. The van der Waals surface area contributed by atoms with Crippen LogP contribution in [-0.2, 0) is 4.79 Å². The molecule has 0 saturated carbocycles. The van der Waals surface area contributed by atoms with E-state index in [4.69, 9.17) is 5.73 Å². The molecule has 2 aliphatic rings. The number of thioether (sulfide) groups is 1. The number of nitro groups is 1. The zero-order valence-corrected chi connectivity index (χ0v) is 18.5. The van der Waals surface area contributed by atoms with E-state index >= 15 is 0 Å². The Kier molecular flexibility index (Phi) is 6.07. The molecule has 0 spiro atoms. The number of ketones is 1. The quantitative estimate of drug-likeness (QED) is 0.289.